The highest BCUT2D eigenvalue weighted by Crippen LogP contribution is 2.29. The van der Waals surface area contributed by atoms with Gasteiger partial charge in [0.2, 0.25) is 10.0 Å². The standard InChI is InChI=1S/C23H25N5O5S/c1-14(13-32-2)33-23(29)19-20-22(27-18-6-4-3-5-17(18)26-20)28(21(19)24)12-11-15-7-9-16(10-8-15)34(25,30)31/h3-10,14H,11-13,24H2,1-2H3,(H2,25,30,31). The van der Waals surface area contributed by atoms with Gasteiger partial charge in [-0.2, -0.15) is 0 Å². The Hall–Kier alpha value is -3.54. The molecule has 4 aromatic rings. The van der Waals surface area contributed by atoms with E-state index in [2.05, 4.69) is 4.98 Å². The van der Waals surface area contributed by atoms with Crippen LogP contribution in [0.15, 0.2) is 53.4 Å². The van der Waals surface area contributed by atoms with Crippen molar-refractivity contribution in [2.45, 2.75) is 30.9 Å². The summed E-state index contributed by atoms with van der Waals surface area (Å²) in [4.78, 5) is 22.4. The van der Waals surface area contributed by atoms with E-state index in [0.717, 1.165) is 5.56 Å². The number of para-hydroxylation sites is 2. The van der Waals surface area contributed by atoms with Crippen molar-refractivity contribution < 1.29 is 22.7 Å². The second-order valence-electron chi connectivity index (χ2n) is 7.91. The molecular formula is C23H25N5O5S. The maximum absolute atomic E-state index is 13.0. The van der Waals surface area contributed by atoms with Crippen LogP contribution in [-0.4, -0.2) is 48.7 Å². The molecule has 1 unspecified atom stereocenters. The second-order valence-corrected chi connectivity index (χ2v) is 9.47. The van der Waals surface area contributed by atoms with Crippen LogP contribution in [0.1, 0.15) is 22.8 Å². The van der Waals surface area contributed by atoms with Gasteiger partial charge in [0.1, 0.15) is 23.0 Å². The highest BCUT2D eigenvalue weighted by molar-refractivity contribution is 7.89. The smallest absolute Gasteiger partial charge is 0.344 e. The molecule has 0 aliphatic carbocycles. The number of benzene rings is 2. The maximum atomic E-state index is 13.0. The number of nitrogen functional groups attached to an aromatic ring is 1. The molecule has 0 fully saturated rings. The quantitative estimate of drug-likeness (QED) is 0.362. The minimum Gasteiger partial charge on any atom is -0.456 e. The van der Waals surface area contributed by atoms with Crippen molar-refractivity contribution in [2.75, 3.05) is 19.5 Å². The molecule has 0 saturated heterocycles. The summed E-state index contributed by atoms with van der Waals surface area (Å²) in [5.41, 5.74) is 9.56. The number of nitrogens with two attached hydrogens (primary N) is 2. The van der Waals surface area contributed by atoms with Gasteiger partial charge < -0.3 is 19.8 Å². The summed E-state index contributed by atoms with van der Waals surface area (Å²) in [5, 5.41) is 5.17. The van der Waals surface area contributed by atoms with Crippen LogP contribution in [0.2, 0.25) is 0 Å². The lowest BCUT2D eigenvalue weighted by molar-refractivity contribution is 0.0123. The molecule has 10 nitrogen and oxygen atoms in total. The van der Waals surface area contributed by atoms with E-state index in [9.17, 15) is 13.2 Å². The van der Waals surface area contributed by atoms with Crippen LogP contribution in [0.5, 0.6) is 0 Å². The van der Waals surface area contributed by atoms with Crippen molar-refractivity contribution in [3.05, 3.63) is 59.7 Å². The van der Waals surface area contributed by atoms with Crippen molar-refractivity contribution in [2.24, 2.45) is 5.14 Å². The summed E-state index contributed by atoms with van der Waals surface area (Å²) in [6.07, 6.45) is 0.0307. The van der Waals surface area contributed by atoms with Crippen molar-refractivity contribution in [1.29, 1.82) is 0 Å². The first-order chi connectivity index (χ1) is 16.2. The Labute approximate surface area is 196 Å². The number of hydrogen-bond acceptors (Lipinski definition) is 8. The van der Waals surface area contributed by atoms with Gasteiger partial charge in [-0.05, 0) is 43.2 Å². The van der Waals surface area contributed by atoms with E-state index >= 15 is 0 Å². The third kappa shape index (κ3) is 4.72. The van der Waals surface area contributed by atoms with E-state index in [-0.39, 0.29) is 22.9 Å². The molecule has 0 bridgehead atoms. The number of hydrogen-bond donors (Lipinski definition) is 2. The third-order valence-electron chi connectivity index (χ3n) is 5.38. The van der Waals surface area contributed by atoms with Crippen molar-refractivity contribution in [3.8, 4) is 0 Å². The van der Waals surface area contributed by atoms with Gasteiger partial charge in [-0.25, -0.2) is 28.3 Å². The molecule has 178 valence electrons. The Kier molecular flexibility index (Phi) is 6.51. The van der Waals surface area contributed by atoms with Crippen molar-refractivity contribution in [3.63, 3.8) is 0 Å². The van der Waals surface area contributed by atoms with Gasteiger partial charge >= 0.3 is 5.97 Å². The minimum atomic E-state index is -3.77. The number of esters is 1. The normalized spacial score (nSPS) is 12.8. The first-order valence-electron chi connectivity index (χ1n) is 10.5. The molecule has 0 aliphatic rings. The molecule has 1 atom stereocenters. The van der Waals surface area contributed by atoms with Gasteiger partial charge in [0, 0.05) is 13.7 Å². The van der Waals surface area contributed by atoms with Gasteiger partial charge in [0.25, 0.3) is 0 Å². The van der Waals surface area contributed by atoms with Gasteiger partial charge in [-0.3, -0.25) is 0 Å². The average molecular weight is 484 g/mol. The summed E-state index contributed by atoms with van der Waals surface area (Å²) in [5.74, 6) is -0.408. The number of fused-ring (bicyclic) bond motifs is 2. The van der Waals surface area contributed by atoms with Gasteiger partial charge in [-0.15, -0.1) is 0 Å². The lowest BCUT2D eigenvalue weighted by Gasteiger charge is -2.12. The van der Waals surface area contributed by atoms with E-state index in [1.807, 2.05) is 24.3 Å². The number of anilines is 1. The number of nitrogens with zero attached hydrogens (tertiary/aromatic N) is 3. The molecule has 0 saturated carbocycles. The molecule has 0 amide bonds. The van der Waals surface area contributed by atoms with Crippen LogP contribution in [0.3, 0.4) is 0 Å². The van der Waals surface area contributed by atoms with Crippen LogP contribution in [0, 0.1) is 0 Å². The summed E-state index contributed by atoms with van der Waals surface area (Å²) >= 11 is 0. The molecule has 2 aromatic carbocycles. The monoisotopic (exact) mass is 483 g/mol. The molecule has 0 radical (unpaired) electrons. The Bertz CT molecular complexity index is 1460. The van der Waals surface area contributed by atoms with Crippen LogP contribution >= 0.6 is 0 Å². The first kappa shape index (κ1) is 23.6. The zero-order valence-corrected chi connectivity index (χ0v) is 19.6. The van der Waals surface area contributed by atoms with Crippen LogP contribution in [0.25, 0.3) is 22.2 Å². The molecule has 34 heavy (non-hydrogen) atoms. The van der Waals surface area contributed by atoms with Crippen LogP contribution < -0.4 is 10.9 Å². The zero-order valence-electron chi connectivity index (χ0n) is 18.8. The minimum absolute atomic E-state index is 0.0368. The Morgan fingerprint density at radius 2 is 1.74 bits per heavy atom. The molecule has 0 spiro atoms. The number of sulfonamides is 1. The number of carbonyl (C=O) groups excluding carboxylic acids is 1. The number of primary sulfonamides is 1. The molecule has 2 heterocycles. The molecule has 11 heteroatoms. The van der Waals surface area contributed by atoms with Crippen molar-refractivity contribution >= 4 is 44.0 Å². The number of carbonyl (C=O) groups is 1. The highest BCUT2D eigenvalue weighted by Gasteiger charge is 2.26. The number of rotatable bonds is 8. The third-order valence-corrected chi connectivity index (χ3v) is 6.31. The zero-order chi connectivity index (χ0) is 24.5. The molecule has 0 aliphatic heterocycles. The van der Waals surface area contributed by atoms with E-state index in [1.165, 1.54) is 19.2 Å². The van der Waals surface area contributed by atoms with Gasteiger partial charge in [0.15, 0.2) is 5.65 Å². The fourth-order valence-electron chi connectivity index (χ4n) is 3.74. The Morgan fingerprint density at radius 1 is 1.09 bits per heavy atom. The summed E-state index contributed by atoms with van der Waals surface area (Å²) < 4.78 is 35.3. The van der Waals surface area contributed by atoms with E-state index in [1.54, 1.807) is 23.6 Å². The SMILES string of the molecule is COCC(C)OC(=O)c1c(N)n(CCc2ccc(S(N)(=O)=O)cc2)c2nc3ccccc3nc12. The molecule has 2 aromatic heterocycles. The average Bonchev–Trinajstić information content (AvgIpc) is 3.06. The number of methoxy groups -OCH3 is 1. The van der Waals surface area contributed by atoms with Gasteiger partial charge in [-0.1, -0.05) is 24.3 Å². The van der Waals surface area contributed by atoms with E-state index in [4.69, 9.17) is 25.3 Å². The maximum Gasteiger partial charge on any atom is 0.344 e. The van der Waals surface area contributed by atoms with E-state index < -0.39 is 22.1 Å². The second kappa shape index (κ2) is 9.37. The topological polar surface area (TPSA) is 152 Å². The lowest BCUT2D eigenvalue weighted by Crippen LogP contribution is -2.20. The predicted octanol–water partition coefficient (Wildman–Crippen LogP) is 2.25. The molecule has 4 N–H and O–H groups in total. The number of aromatic nitrogens is 3. The van der Waals surface area contributed by atoms with Gasteiger partial charge in [0.05, 0.1) is 22.5 Å². The highest BCUT2D eigenvalue weighted by atomic mass is 32.2. The number of ether oxygens (including phenoxy) is 2. The summed E-state index contributed by atoms with van der Waals surface area (Å²) in [6.45, 7) is 2.35. The fraction of sp³-hybridized carbons (Fsp3) is 0.261. The predicted molar refractivity (Wildman–Crippen MR) is 128 cm³/mol. The molecule has 4 rings (SSSR count). The molecular weight excluding hydrogens is 458 g/mol. The summed E-state index contributed by atoms with van der Waals surface area (Å²) in [6, 6.07) is 13.6. The lowest BCUT2D eigenvalue weighted by atomic mass is 10.1. The summed E-state index contributed by atoms with van der Waals surface area (Å²) in [7, 11) is -2.24. The number of aryl methyl sites for hydroxylation is 2. The van der Waals surface area contributed by atoms with Crippen molar-refractivity contribution in [1.82, 2.24) is 14.5 Å². The fourth-order valence-corrected chi connectivity index (χ4v) is 4.26. The first-order valence-corrected chi connectivity index (χ1v) is 12.1. The van der Waals surface area contributed by atoms with Crippen LogP contribution in [0.4, 0.5) is 5.82 Å². The largest absolute Gasteiger partial charge is 0.456 e. The Balaban J connectivity index is 1.74. The van der Waals surface area contributed by atoms with Crippen LogP contribution in [-0.2, 0) is 32.5 Å². The van der Waals surface area contributed by atoms with E-state index in [0.29, 0.717) is 35.2 Å². The Morgan fingerprint density at radius 3 is 2.35 bits per heavy atom.